The van der Waals surface area contributed by atoms with Crippen molar-refractivity contribution in [3.63, 3.8) is 0 Å². The van der Waals surface area contributed by atoms with E-state index in [1.54, 1.807) is 24.3 Å². The SMILES string of the molecule is Cc1cc(S(=O)(=O)N(C)Cc2cccc(Cl)c2Cl)sc1Br. The van der Waals surface area contributed by atoms with E-state index in [2.05, 4.69) is 15.9 Å². The molecule has 0 bridgehead atoms. The van der Waals surface area contributed by atoms with Gasteiger partial charge in [-0.3, -0.25) is 0 Å². The Morgan fingerprint density at radius 1 is 1.33 bits per heavy atom. The lowest BCUT2D eigenvalue weighted by Gasteiger charge is -2.17. The average Bonchev–Trinajstić information content (AvgIpc) is 2.75. The van der Waals surface area contributed by atoms with E-state index in [4.69, 9.17) is 23.2 Å². The minimum absolute atomic E-state index is 0.163. The summed E-state index contributed by atoms with van der Waals surface area (Å²) in [6.45, 7) is 2.02. The highest BCUT2D eigenvalue weighted by Crippen LogP contribution is 2.33. The highest BCUT2D eigenvalue weighted by Gasteiger charge is 2.24. The van der Waals surface area contributed by atoms with Gasteiger partial charge in [0.2, 0.25) is 0 Å². The van der Waals surface area contributed by atoms with Gasteiger partial charge in [0.25, 0.3) is 10.0 Å². The first-order chi connectivity index (χ1) is 9.73. The molecule has 1 heterocycles. The molecule has 0 atom stereocenters. The van der Waals surface area contributed by atoms with Gasteiger partial charge in [0.1, 0.15) is 4.21 Å². The van der Waals surface area contributed by atoms with Crippen LogP contribution in [0.5, 0.6) is 0 Å². The van der Waals surface area contributed by atoms with E-state index in [9.17, 15) is 8.42 Å². The van der Waals surface area contributed by atoms with Crippen molar-refractivity contribution < 1.29 is 8.42 Å². The molecule has 21 heavy (non-hydrogen) atoms. The number of halogens is 3. The van der Waals surface area contributed by atoms with Crippen LogP contribution in [0.25, 0.3) is 0 Å². The lowest BCUT2D eigenvalue weighted by molar-refractivity contribution is 0.468. The number of thiophene rings is 1. The molecule has 0 aliphatic carbocycles. The van der Waals surface area contributed by atoms with Crippen molar-refractivity contribution in [2.45, 2.75) is 17.7 Å². The van der Waals surface area contributed by atoms with Crippen molar-refractivity contribution in [1.82, 2.24) is 4.31 Å². The van der Waals surface area contributed by atoms with Gasteiger partial charge in [-0.1, -0.05) is 35.3 Å². The summed E-state index contributed by atoms with van der Waals surface area (Å²) in [5.41, 5.74) is 1.57. The first-order valence-electron chi connectivity index (χ1n) is 5.88. The highest BCUT2D eigenvalue weighted by atomic mass is 79.9. The Bertz CT molecular complexity index is 755. The maximum Gasteiger partial charge on any atom is 0.252 e. The minimum Gasteiger partial charge on any atom is -0.206 e. The third-order valence-corrected chi connectivity index (χ3v) is 8.17. The van der Waals surface area contributed by atoms with Crippen molar-refractivity contribution in [1.29, 1.82) is 0 Å². The zero-order valence-electron chi connectivity index (χ0n) is 11.2. The third kappa shape index (κ3) is 3.63. The van der Waals surface area contributed by atoms with E-state index in [1.807, 2.05) is 6.92 Å². The quantitative estimate of drug-likeness (QED) is 0.690. The van der Waals surface area contributed by atoms with Crippen LogP contribution in [-0.4, -0.2) is 19.8 Å². The molecule has 0 fully saturated rings. The number of aryl methyl sites for hydroxylation is 1. The van der Waals surface area contributed by atoms with Gasteiger partial charge in [-0.2, -0.15) is 4.31 Å². The average molecular weight is 429 g/mol. The topological polar surface area (TPSA) is 37.4 Å². The summed E-state index contributed by atoms with van der Waals surface area (Å²) in [6.07, 6.45) is 0. The molecular weight excluding hydrogens is 417 g/mol. The fourth-order valence-electron chi connectivity index (χ4n) is 1.71. The summed E-state index contributed by atoms with van der Waals surface area (Å²) >= 11 is 16.6. The van der Waals surface area contributed by atoms with Gasteiger partial charge in [-0.15, -0.1) is 11.3 Å². The van der Waals surface area contributed by atoms with Crippen molar-refractivity contribution in [3.05, 3.63) is 49.2 Å². The van der Waals surface area contributed by atoms with E-state index < -0.39 is 10.0 Å². The van der Waals surface area contributed by atoms with Crippen LogP contribution in [0.4, 0.5) is 0 Å². The van der Waals surface area contributed by atoms with Crippen LogP contribution < -0.4 is 0 Å². The fourth-order valence-corrected chi connectivity index (χ4v) is 5.67. The second-order valence-electron chi connectivity index (χ2n) is 4.50. The van der Waals surface area contributed by atoms with E-state index >= 15 is 0 Å². The van der Waals surface area contributed by atoms with Crippen molar-refractivity contribution in [2.24, 2.45) is 0 Å². The normalized spacial score (nSPS) is 12.1. The molecule has 0 unspecified atom stereocenters. The third-order valence-electron chi connectivity index (χ3n) is 2.92. The number of benzene rings is 1. The largest absolute Gasteiger partial charge is 0.252 e. The molecule has 0 aliphatic heterocycles. The van der Waals surface area contributed by atoms with Crippen LogP contribution in [0.1, 0.15) is 11.1 Å². The van der Waals surface area contributed by atoms with Gasteiger partial charge in [0.05, 0.1) is 13.8 Å². The Hall–Kier alpha value is -0.110. The molecule has 0 aliphatic rings. The van der Waals surface area contributed by atoms with E-state index in [0.717, 1.165) is 9.35 Å². The van der Waals surface area contributed by atoms with Crippen LogP contribution in [0.15, 0.2) is 32.3 Å². The molecule has 2 aromatic rings. The standard InChI is InChI=1S/C13H12BrCl2NO2S2/c1-8-6-11(20-13(8)14)21(18,19)17(2)7-9-4-3-5-10(15)12(9)16/h3-6H,7H2,1-2H3. The predicted octanol–water partition coefficient (Wildman–Crippen LogP) is 4.95. The van der Waals surface area contributed by atoms with Crippen molar-refractivity contribution >= 4 is 60.5 Å². The zero-order valence-corrected chi connectivity index (χ0v) is 16.0. The minimum atomic E-state index is -3.55. The lowest BCUT2D eigenvalue weighted by atomic mass is 10.2. The van der Waals surface area contributed by atoms with Crippen molar-refractivity contribution in [2.75, 3.05) is 7.05 Å². The van der Waals surface area contributed by atoms with Crippen LogP contribution in [0.2, 0.25) is 10.0 Å². The molecule has 1 aromatic heterocycles. The Morgan fingerprint density at radius 3 is 2.57 bits per heavy atom. The summed E-state index contributed by atoms with van der Waals surface area (Å²) in [7, 11) is -2.02. The molecule has 2 rings (SSSR count). The van der Waals surface area contributed by atoms with Gasteiger partial charge in [0.15, 0.2) is 0 Å². The second kappa shape index (κ2) is 6.56. The van der Waals surface area contributed by atoms with Gasteiger partial charge in [0, 0.05) is 13.6 Å². The molecule has 3 nitrogen and oxygen atoms in total. The molecular formula is C13H12BrCl2NO2S2. The summed E-state index contributed by atoms with van der Waals surface area (Å²) in [4.78, 5) is 0. The maximum atomic E-state index is 12.5. The van der Waals surface area contributed by atoms with E-state index in [0.29, 0.717) is 19.8 Å². The smallest absolute Gasteiger partial charge is 0.206 e. The van der Waals surface area contributed by atoms with Crippen LogP contribution in [0.3, 0.4) is 0 Å². The molecule has 0 saturated heterocycles. The number of hydrogen-bond acceptors (Lipinski definition) is 3. The fraction of sp³-hybridized carbons (Fsp3) is 0.231. The lowest BCUT2D eigenvalue weighted by Crippen LogP contribution is -2.26. The Labute approximate surface area is 146 Å². The first kappa shape index (κ1) is 17.2. The Kier molecular flexibility index (Phi) is 5.39. The van der Waals surface area contributed by atoms with Crippen molar-refractivity contribution in [3.8, 4) is 0 Å². The predicted molar refractivity (Wildman–Crippen MR) is 91.9 cm³/mol. The summed E-state index contributed by atoms with van der Waals surface area (Å²) in [6, 6.07) is 6.83. The number of hydrogen-bond donors (Lipinski definition) is 0. The molecule has 0 spiro atoms. The monoisotopic (exact) mass is 427 g/mol. The van der Waals surface area contributed by atoms with Gasteiger partial charge >= 0.3 is 0 Å². The van der Waals surface area contributed by atoms with E-state index in [1.165, 1.54) is 22.7 Å². The van der Waals surface area contributed by atoms with Crippen LogP contribution >= 0.6 is 50.5 Å². The Morgan fingerprint density at radius 2 is 2.00 bits per heavy atom. The molecule has 0 radical (unpaired) electrons. The molecule has 8 heteroatoms. The summed E-state index contributed by atoms with van der Waals surface area (Å²) in [5, 5.41) is 0.791. The van der Waals surface area contributed by atoms with Gasteiger partial charge in [-0.05, 0) is 46.1 Å². The molecule has 114 valence electrons. The molecule has 0 saturated carbocycles. The summed E-state index contributed by atoms with van der Waals surface area (Å²) < 4.78 is 27.5. The van der Waals surface area contributed by atoms with E-state index in [-0.39, 0.29) is 6.54 Å². The molecule has 0 amide bonds. The maximum absolute atomic E-state index is 12.5. The number of sulfonamides is 1. The second-order valence-corrected chi connectivity index (χ2v) is 9.92. The molecule has 0 N–H and O–H groups in total. The van der Waals surface area contributed by atoms with Crippen LogP contribution in [0, 0.1) is 6.92 Å². The number of rotatable bonds is 4. The van der Waals surface area contributed by atoms with Gasteiger partial charge < -0.3 is 0 Å². The number of nitrogens with zero attached hydrogens (tertiary/aromatic N) is 1. The first-order valence-corrected chi connectivity index (χ1v) is 9.69. The van der Waals surface area contributed by atoms with Crippen LogP contribution in [-0.2, 0) is 16.6 Å². The summed E-state index contributed by atoms with van der Waals surface area (Å²) in [5.74, 6) is 0. The Balaban J connectivity index is 2.31. The zero-order chi connectivity index (χ0) is 15.8. The highest BCUT2D eigenvalue weighted by molar-refractivity contribution is 9.11. The molecule has 1 aromatic carbocycles. The van der Waals surface area contributed by atoms with Gasteiger partial charge in [-0.25, -0.2) is 8.42 Å².